The summed E-state index contributed by atoms with van der Waals surface area (Å²) in [6.45, 7) is 5.98. The first-order valence-corrected chi connectivity index (χ1v) is 10.0. The predicted octanol–water partition coefficient (Wildman–Crippen LogP) is 3.66. The van der Waals surface area contributed by atoms with Crippen molar-refractivity contribution >= 4 is 37.5 Å². The van der Waals surface area contributed by atoms with Gasteiger partial charge in [-0.05, 0) is 51.2 Å². The Morgan fingerprint density at radius 3 is 2.20 bits per heavy atom. The summed E-state index contributed by atoms with van der Waals surface area (Å²) in [7, 11) is -3.76. The summed E-state index contributed by atoms with van der Waals surface area (Å²) < 4.78 is 27.2. The second kappa shape index (κ2) is 7.68. The van der Waals surface area contributed by atoms with Crippen LogP contribution in [-0.4, -0.2) is 20.9 Å². The summed E-state index contributed by atoms with van der Waals surface area (Å²) in [5, 5.41) is 2.68. The Bertz CT molecular complexity index is 857. The first-order chi connectivity index (χ1) is 11.6. The number of carbonyl (C=O) groups is 1. The highest BCUT2D eigenvalue weighted by molar-refractivity contribution is 9.10. The molecule has 0 saturated carbocycles. The van der Waals surface area contributed by atoms with Gasteiger partial charge >= 0.3 is 0 Å². The quantitative estimate of drug-likeness (QED) is 0.768. The van der Waals surface area contributed by atoms with Gasteiger partial charge in [0, 0.05) is 10.2 Å². The van der Waals surface area contributed by atoms with Crippen molar-refractivity contribution in [2.45, 2.75) is 31.1 Å². The standard InChI is InChI=1S/C18H21BrN2O3S/c1-18(2,3)13-8-10-14(11-9-13)21-17(22)12-20-25(23,24)16-7-5-4-6-15(16)19/h4-11,20H,12H2,1-3H3,(H,21,22). The zero-order valence-corrected chi connectivity index (χ0v) is 16.7. The number of halogens is 1. The summed E-state index contributed by atoms with van der Waals surface area (Å²) in [6, 6.07) is 13.9. The lowest BCUT2D eigenvalue weighted by molar-refractivity contribution is -0.115. The number of carbonyl (C=O) groups excluding carboxylic acids is 1. The first kappa shape index (κ1) is 19.6. The minimum absolute atomic E-state index is 0.0290. The van der Waals surface area contributed by atoms with Crippen LogP contribution in [-0.2, 0) is 20.2 Å². The third-order valence-corrected chi connectivity index (χ3v) is 6.00. The summed E-state index contributed by atoms with van der Waals surface area (Å²) >= 11 is 3.20. The molecule has 2 rings (SSSR count). The van der Waals surface area contributed by atoms with E-state index in [4.69, 9.17) is 0 Å². The van der Waals surface area contributed by atoms with Gasteiger partial charge in [-0.15, -0.1) is 0 Å². The van der Waals surface area contributed by atoms with Gasteiger partial charge in [-0.1, -0.05) is 45.0 Å². The van der Waals surface area contributed by atoms with Gasteiger partial charge in [-0.3, -0.25) is 4.79 Å². The van der Waals surface area contributed by atoms with E-state index in [0.717, 1.165) is 5.56 Å². The van der Waals surface area contributed by atoms with Crippen molar-refractivity contribution in [2.24, 2.45) is 0 Å². The largest absolute Gasteiger partial charge is 0.325 e. The van der Waals surface area contributed by atoms with Crippen LogP contribution in [0.5, 0.6) is 0 Å². The minimum Gasteiger partial charge on any atom is -0.325 e. The third-order valence-electron chi connectivity index (χ3n) is 3.58. The zero-order chi connectivity index (χ0) is 18.7. The second-order valence-electron chi connectivity index (χ2n) is 6.63. The van der Waals surface area contributed by atoms with Crippen LogP contribution in [0.3, 0.4) is 0 Å². The maximum Gasteiger partial charge on any atom is 0.242 e. The Morgan fingerprint density at radius 2 is 1.64 bits per heavy atom. The molecule has 0 bridgehead atoms. The molecule has 2 N–H and O–H groups in total. The van der Waals surface area contributed by atoms with Gasteiger partial charge in [-0.2, -0.15) is 0 Å². The van der Waals surface area contributed by atoms with E-state index in [1.807, 2.05) is 12.1 Å². The normalized spacial score (nSPS) is 12.0. The Kier molecular flexibility index (Phi) is 6.03. The van der Waals surface area contributed by atoms with Gasteiger partial charge in [0.05, 0.1) is 11.4 Å². The lowest BCUT2D eigenvalue weighted by atomic mass is 9.87. The van der Waals surface area contributed by atoms with Crippen LogP contribution < -0.4 is 10.0 Å². The van der Waals surface area contributed by atoms with E-state index in [1.54, 1.807) is 30.3 Å². The van der Waals surface area contributed by atoms with Gasteiger partial charge in [0.15, 0.2) is 0 Å². The third kappa shape index (κ3) is 5.39. The van der Waals surface area contributed by atoms with E-state index < -0.39 is 15.9 Å². The lowest BCUT2D eigenvalue weighted by Crippen LogP contribution is -2.33. The summed E-state index contributed by atoms with van der Waals surface area (Å²) in [5.74, 6) is -0.431. The van der Waals surface area contributed by atoms with Gasteiger partial charge in [0.2, 0.25) is 15.9 Å². The highest BCUT2D eigenvalue weighted by Gasteiger charge is 2.18. The monoisotopic (exact) mass is 424 g/mol. The number of hydrogen-bond donors (Lipinski definition) is 2. The Balaban J connectivity index is 1.98. The summed E-state index contributed by atoms with van der Waals surface area (Å²) in [6.07, 6.45) is 0. The molecule has 25 heavy (non-hydrogen) atoms. The smallest absolute Gasteiger partial charge is 0.242 e. The van der Waals surface area contributed by atoms with Crippen LogP contribution >= 0.6 is 15.9 Å². The second-order valence-corrected chi connectivity index (χ2v) is 9.22. The molecule has 1 amide bonds. The van der Waals surface area contributed by atoms with Crippen molar-refractivity contribution in [3.8, 4) is 0 Å². The van der Waals surface area contributed by atoms with E-state index in [-0.39, 0.29) is 16.9 Å². The van der Waals surface area contributed by atoms with Crippen LogP contribution in [0.1, 0.15) is 26.3 Å². The highest BCUT2D eigenvalue weighted by Crippen LogP contribution is 2.23. The molecule has 0 unspecified atom stereocenters. The number of nitrogens with one attached hydrogen (secondary N) is 2. The maximum atomic E-state index is 12.2. The van der Waals surface area contributed by atoms with Gasteiger partial charge in [0.1, 0.15) is 0 Å². The van der Waals surface area contributed by atoms with E-state index in [1.165, 1.54) is 6.07 Å². The molecule has 0 aliphatic carbocycles. The molecule has 0 radical (unpaired) electrons. The fraction of sp³-hybridized carbons (Fsp3) is 0.278. The molecule has 134 valence electrons. The molecule has 0 fully saturated rings. The van der Waals surface area contributed by atoms with E-state index in [9.17, 15) is 13.2 Å². The van der Waals surface area contributed by atoms with Crippen molar-refractivity contribution in [1.29, 1.82) is 0 Å². The molecule has 0 aliphatic heterocycles. The molecule has 0 heterocycles. The minimum atomic E-state index is -3.76. The first-order valence-electron chi connectivity index (χ1n) is 7.74. The van der Waals surface area contributed by atoms with Crippen LogP contribution in [0.25, 0.3) is 0 Å². The average molecular weight is 425 g/mol. The van der Waals surface area contributed by atoms with E-state index >= 15 is 0 Å². The molecule has 7 heteroatoms. The van der Waals surface area contributed by atoms with Crippen LogP contribution in [0.15, 0.2) is 57.9 Å². The number of benzene rings is 2. The van der Waals surface area contributed by atoms with Crippen molar-refractivity contribution in [3.05, 3.63) is 58.6 Å². The number of hydrogen-bond acceptors (Lipinski definition) is 3. The summed E-state index contributed by atoms with van der Waals surface area (Å²) in [5.41, 5.74) is 1.81. The highest BCUT2D eigenvalue weighted by atomic mass is 79.9. The molecule has 5 nitrogen and oxygen atoms in total. The van der Waals surface area contributed by atoms with Crippen molar-refractivity contribution in [1.82, 2.24) is 4.72 Å². The molecule has 0 saturated heterocycles. The molecular weight excluding hydrogens is 404 g/mol. The van der Waals surface area contributed by atoms with Crippen LogP contribution in [0, 0.1) is 0 Å². The fourth-order valence-electron chi connectivity index (χ4n) is 2.16. The van der Waals surface area contributed by atoms with Gasteiger partial charge in [0.25, 0.3) is 0 Å². The topological polar surface area (TPSA) is 75.3 Å². The molecule has 0 aromatic heterocycles. The molecule has 0 aliphatic rings. The van der Waals surface area contributed by atoms with Gasteiger partial charge in [-0.25, -0.2) is 13.1 Å². The number of anilines is 1. The fourth-order valence-corrected chi connectivity index (χ4v) is 4.14. The number of rotatable bonds is 5. The molecule has 0 spiro atoms. The Morgan fingerprint density at radius 1 is 1.04 bits per heavy atom. The van der Waals surface area contributed by atoms with E-state index in [2.05, 4.69) is 46.7 Å². The number of amides is 1. The zero-order valence-electron chi connectivity index (χ0n) is 14.3. The maximum absolute atomic E-state index is 12.2. The lowest BCUT2D eigenvalue weighted by Gasteiger charge is -2.19. The van der Waals surface area contributed by atoms with Crippen LogP contribution in [0.2, 0.25) is 0 Å². The molecule has 0 atom stereocenters. The van der Waals surface area contributed by atoms with Crippen molar-refractivity contribution in [3.63, 3.8) is 0 Å². The Hall–Kier alpha value is -1.70. The summed E-state index contributed by atoms with van der Waals surface area (Å²) in [4.78, 5) is 12.1. The average Bonchev–Trinajstić information content (AvgIpc) is 2.53. The Labute approximate surface area is 157 Å². The number of sulfonamides is 1. The SMILES string of the molecule is CC(C)(C)c1ccc(NC(=O)CNS(=O)(=O)c2ccccc2Br)cc1. The molecular formula is C18H21BrN2O3S. The van der Waals surface area contributed by atoms with Gasteiger partial charge < -0.3 is 5.32 Å². The van der Waals surface area contributed by atoms with E-state index in [0.29, 0.717) is 10.2 Å². The molecule has 2 aromatic rings. The molecule has 2 aromatic carbocycles. The van der Waals surface area contributed by atoms with Crippen molar-refractivity contribution in [2.75, 3.05) is 11.9 Å². The van der Waals surface area contributed by atoms with Crippen LogP contribution in [0.4, 0.5) is 5.69 Å². The van der Waals surface area contributed by atoms with Crippen molar-refractivity contribution < 1.29 is 13.2 Å². The predicted molar refractivity (Wildman–Crippen MR) is 103 cm³/mol.